The van der Waals surface area contributed by atoms with Crippen LogP contribution in [0.3, 0.4) is 0 Å². The molecule has 4 aromatic carbocycles. The van der Waals surface area contributed by atoms with E-state index in [-0.39, 0.29) is 0 Å². The number of nitrogen functional groups attached to an aromatic ring is 1. The lowest BCUT2D eigenvalue weighted by molar-refractivity contribution is 0.669. The van der Waals surface area contributed by atoms with Gasteiger partial charge < -0.3 is 10.2 Å². The zero-order valence-corrected chi connectivity index (χ0v) is 13.0. The van der Waals surface area contributed by atoms with Crippen molar-refractivity contribution in [3.05, 3.63) is 78.9 Å². The summed E-state index contributed by atoms with van der Waals surface area (Å²) in [6, 6.07) is 27.1. The van der Waals surface area contributed by atoms with E-state index in [2.05, 4.69) is 54.6 Å². The summed E-state index contributed by atoms with van der Waals surface area (Å²) in [5.74, 6) is 0. The van der Waals surface area contributed by atoms with E-state index in [0.29, 0.717) is 0 Å². The number of anilines is 1. The average molecular weight is 309 g/mol. The molecule has 0 atom stereocenters. The van der Waals surface area contributed by atoms with Gasteiger partial charge in [-0.2, -0.15) is 0 Å². The fraction of sp³-hybridized carbons (Fsp3) is 0. The first-order valence-corrected chi connectivity index (χ1v) is 7.99. The minimum absolute atomic E-state index is 0.751. The highest BCUT2D eigenvalue weighted by atomic mass is 16.3. The van der Waals surface area contributed by atoms with Gasteiger partial charge in [-0.15, -0.1) is 0 Å². The number of rotatable bonds is 1. The number of benzene rings is 4. The van der Waals surface area contributed by atoms with Crippen LogP contribution in [0.25, 0.3) is 43.8 Å². The Kier molecular flexibility index (Phi) is 2.68. The Morgan fingerprint density at radius 1 is 0.583 bits per heavy atom. The SMILES string of the molecule is Nc1ccc2oc3ccc(-c4ccc5ccccc5c4)cc3c2c1. The molecule has 1 heterocycles. The van der Waals surface area contributed by atoms with Crippen LogP contribution >= 0.6 is 0 Å². The van der Waals surface area contributed by atoms with Crippen molar-refractivity contribution in [2.45, 2.75) is 0 Å². The lowest BCUT2D eigenvalue weighted by Crippen LogP contribution is -1.82. The summed E-state index contributed by atoms with van der Waals surface area (Å²) < 4.78 is 5.91. The van der Waals surface area contributed by atoms with Crippen LogP contribution in [0.15, 0.2) is 83.3 Å². The average Bonchev–Trinajstić information content (AvgIpc) is 2.98. The number of hydrogen-bond donors (Lipinski definition) is 1. The van der Waals surface area contributed by atoms with E-state index >= 15 is 0 Å². The van der Waals surface area contributed by atoms with Gasteiger partial charge in [0.1, 0.15) is 11.2 Å². The Labute approximate surface area is 139 Å². The van der Waals surface area contributed by atoms with E-state index in [1.807, 2.05) is 24.3 Å². The van der Waals surface area contributed by atoms with Crippen molar-refractivity contribution >= 4 is 38.4 Å². The van der Waals surface area contributed by atoms with Gasteiger partial charge in [0, 0.05) is 16.5 Å². The van der Waals surface area contributed by atoms with E-state index in [4.69, 9.17) is 10.2 Å². The Balaban J connectivity index is 1.75. The quantitative estimate of drug-likeness (QED) is 0.386. The minimum atomic E-state index is 0.751. The van der Waals surface area contributed by atoms with Crippen molar-refractivity contribution in [3.63, 3.8) is 0 Å². The molecule has 0 amide bonds. The van der Waals surface area contributed by atoms with Gasteiger partial charge in [-0.3, -0.25) is 0 Å². The molecule has 0 aliphatic heterocycles. The van der Waals surface area contributed by atoms with Crippen LogP contribution in [0.1, 0.15) is 0 Å². The summed E-state index contributed by atoms with van der Waals surface area (Å²) in [7, 11) is 0. The monoisotopic (exact) mass is 309 g/mol. The molecule has 2 N–H and O–H groups in total. The molecule has 0 saturated carbocycles. The number of hydrogen-bond acceptors (Lipinski definition) is 2. The fourth-order valence-electron chi connectivity index (χ4n) is 3.34. The first-order valence-electron chi connectivity index (χ1n) is 7.99. The molecule has 24 heavy (non-hydrogen) atoms. The third-order valence-corrected chi connectivity index (χ3v) is 4.58. The number of fused-ring (bicyclic) bond motifs is 4. The van der Waals surface area contributed by atoms with Gasteiger partial charge in [0.15, 0.2) is 0 Å². The van der Waals surface area contributed by atoms with Crippen molar-refractivity contribution in [2.24, 2.45) is 0 Å². The van der Waals surface area contributed by atoms with Crippen LogP contribution in [0, 0.1) is 0 Å². The molecule has 5 rings (SSSR count). The molecule has 1 aromatic heterocycles. The van der Waals surface area contributed by atoms with E-state index in [1.165, 1.54) is 21.9 Å². The smallest absolute Gasteiger partial charge is 0.135 e. The Morgan fingerprint density at radius 2 is 1.25 bits per heavy atom. The summed E-state index contributed by atoms with van der Waals surface area (Å²) in [5, 5.41) is 4.66. The molecule has 2 heteroatoms. The number of nitrogens with two attached hydrogens (primary N) is 1. The van der Waals surface area contributed by atoms with Gasteiger partial charge in [0.25, 0.3) is 0 Å². The third kappa shape index (κ3) is 1.97. The van der Waals surface area contributed by atoms with E-state index in [1.54, 1.807) is 0 Å². The topological polar surface area (TPSA) is 39.2 Å². The highest BCUT2D eigenvalue weighted by Gasteiger charge is 2.09. The fourth-order valence-corrected chi connectivity index (χ4v) is 3.34. The summed E-state index contributed by atoms with van der Waals surface area (Å²) in [5.41, 5.74) is 10.8. The maximum absolute atomic E-state index is 5.94. The van der Waals surface area contributed by atoms with Crippen molar-refractivity contribution < 1.29 is 4.42 Å². The number of furan rings is 1. The molecule has 2 nitrogen and oxygen atoms in total. The summed E-state index contributed by atoms with van der Waals surface area (Å²) in [4.78, 5) is 0. The molecular weight excluding hydrogens is 294 g/mol. The van der Waals surface area contributed by atoms with Crippen molar-refractivity contribution in [1.29, 1.82) is 0 Å². The summed E-state index contributed by atoms with van der Waals surface area (Å²) in [6.45, 7) is 0. The highest BCUT2D eigenvalue weighted by molar-refractivity contribution is 6.07. The maximum Gasteiger partial charge on any atom is 0.135 e. The Bertz CT molecular complexity index is 1220. The van der Waals surface area contributed by atoms with E-state index in [9.17, 15) is 0 Å². The molecule has 5 aromatic rings. The zero-order valence-electron chi connectivity index (χ0n) is 13.0. The van der Waals surface area contributed by atoms with Gasteiger partial charge in [0.05, 0.1) is 0 Å². The van der Waals surface area contributed by atoms with Gasteiger partial charge in [-0.05, 0) is 58.3 Å². The van der Waals surface area contributed by atoms with Gasteiger partial charge in [-0.1, -0.05) is 42.5 Å². The molecular formula is C22H15NO. The Morgan fingerprint density at radius 3 is 2.12 bits per heavy atom. The predicted octanol–water partition coefficient (Wildman–Crippen LogP) is 5.99. The second kappa shape index (κ2) is 4.87. The van der Waals surface area contributed by atoms with Crippen molar-refractivity contribution in [1.82, 2.24) is 0 Å². The molecule has 0 spiro atoms. The predicted molar refractivity (Wildman–Crippen MR) is 101 cm³/mol. The Hall–Kier alpha value is -3.26. The molecule has 114 valence electrons. The van der Waals surface area contributed by atoms with Crippen LogP contribution in [0.5, 0.6) is 0 Å². The normalized spacial score (nSPS) is 11.5. The minimum Gasteiger partial charge on any atom is -0.456 e. The second-order valence-electron chi connectivity index (χ2n) is 6.13. The molecule has 0 radical (unpaired) electrons. The van der Waals surface area contributed by atoms with Crippen LogP contribution in [-0.2, 0) is 0 Å². The van der Waals surface area contributed by atoms with E-state index in [0.717, 1.165) is 27.6 Å². The molecule has 0 unspecified atom stereocenters. The van der Waals surface area contributed by atoms with Gasteiger partial charge in [-0.25, -0.2) is 0 Å². The van der Waals surface area contributed by atoms with E-state index < -0.39 is 0 Å². The molecule has 0 fully saturated rings. The van der Waals surface area contributed by atoms with Gasteiger partial charge >= 0.3 is 0 Å². The van der Waals surface area contributed by atoms with Crippen molar-refractivity contribution in [3.8, 4) is 11.1 Å². The second-order valence-corrected chi connectivity index (χ2v) is 6.13. The maximum atomic E-state index is 5.94. The molecule has 0 aliphatic rings. The molecule has 0 bridgehead atoms. The van der Waals surface area contributed by atoms with Gasteiger partial charge in [0.2, 0.25) is 0 Å². The highest BCUT2D eigenvalue weighted by Crippen LogP contribution is 2.34. The molecule has 0 saturated heterocycles. The lowest BCUT2D eigenvalue weighted by Gasteiger charge is -2.04. The lowest BCUT2D eigenvalue weighted by atomic mass is 9.99. The zero-order chi connectivity index (χ0) is 16.1. The van der Waals surface area contributed by atoms with Crippen LogP contribution in [-0.4, -0.2) is 0 Å². The largest absolute Gasteiger partial charge is 0.456 e. The first kappa shape index (κ1) is 13.2. The van der Waals surface area contributed by atoms with Crippen LogP contribution in [0.4, 0.5) is 5.69 Å². The van der Waals surface area contributed by atoms with Crippen LogP contribution in [0.2, 0.25) is 0 Å². The standard InChI is InChI=1S/C22H15NO/c23-18-8-10-22-20(13-18)19-12-17(7-9-21(19)24-22)16-6-5-14-3-1-2-4-15(14)11-16/h1-13H,23H2. The van der Waals surface area contributed by atoms with Crippen LogP contribution < -0.4 is 5.73 Å². The van der Waals surface area contributed by atoms with Crippen molar-refractivity contribution in [2.75, 3.05) is 5.73 Å². The molecule has 0 aliphatic carbocycles. The summed E-state index contributed by atoms with van der Waals surface area (Å²) >= 11 is 0. The summed E-state index contributed by atoms with van der Waals surface area (Å²) in [6.07, 6.45) is 0. The first-order chi connectivity index (χ1) is 11.8. The third-order valence-electron chi connectivity index (χ3n) is 4.58.